The van der Waals surface area contributed by atoms with Gasteiger partial charge in [0.2, 0.25) is 0 Å². The van der Waals surface area contributed by atoms with Crippen molar-refractivity contribution in [2.75, 3.05) is 26.3 Å². The van der Waals surface area contributed by atoms with Gasteiger partial charge in [0.1, 0.15) is 5.76 Å². The fraction of sp³-hybridized carbons (Fsp3) is 0.625. The molecule has 1 aromatic heterocycles. The van der Waals surface area contributed by atoms with Crippen LogP contribution >= 0.6 is 0 Å². The Morgan fingerprint density at radius 2 is 1.95 bits per heavy atom. The molecule has 0 bridgehead atoms. The molecule has 0 atom stereocenters. The van der Waals surface area contributed by atoms with Crippen LogP contribution in [-0.2, 0) is 11.2 Å². The van der Waals surface area contributed by atoms with Gasteiger partial charge in [-0.25, -0.2) is 0 Å². The normalized spacial score (nSPS) is 22.7. The Labute approximate surface area is 129 Å². The third-order valence-electron chi connectivity index (χ3n) is 4.41. The fourth-order valence-corrected chi connectivity index (χ4v) is 3.31. The predicted octanol–water partition coefficient (Wildman–Crippen LogP) is 2.21. The van der Waals surface area contributed by atoms with Crippen LogP contribution in [0.1, 0.15) is 47.7 Å². The van der Waals surface area contributed by atoms with Gasteiger partial charge in [0, 0.05) is 30.6 Å². The van der Waals surface area contributed by atoms with E-state index in [2.05, 4.69) is 19.0 Å². The lowest BCUT2D eigenvalue weighted by molar-refractivity contribution is 0.0280. The molecule has 0 spiro atoms. The third kappa shape index (κ3) is 2.52. The van der Waals surface area contributed by atoms with Gasteiger partial charge in [-0.2, -0.15) is 0 Å². The zero-order valence-corrected chi connectivity index (χ0v) is 13.3. The number of fused-ring (bicyclic) bond motifs is 1. The van der Waals surface area contributed by atoms with Crippen molar-refractivity contribution in [2.24, 2.45) is 10.6 Å². The molecule has 1 aliphatic carbocycles. The number of oxime groups is 1. The average molecular weight is 306 g/mol. The van der Waals surface area contributed by atoms with Crippen molar-refractivity contribution >= 4 is 11.6 Å². The molecule has 1 amide bonds. The Morgan fingerprint density at radius 3 is 2.59 bits per heavy atom. The number of rotatable bonds is 1. The van der Waals surface area contributed by atoms with Gasteiger partial charge in [0.15, 0.2) is 5.76 Å². The van der Waals surface area contributed by atoms with E-state index in [1.165, 1.54) is 0 Å². The van der Waals surface area contributed by atoms with Crippen molar-refractivity contribution in [1.82, 2.24) is 4.90 Å². The lowest BCUT2D eigenvalue weighted by Gasteiger charge is -2.28. The molecule has 1 aromatic rings. The second-order valence-corrected chi connectivity index (χ2v) is 6.82. The van der Waals surface area contributed by atoms with Gasteiger partial charge in [-0.15, -0.1) is 0 Å². The highest BCUT2D eigenvalue weighted by Gasteiger charge is 2.37. The van der Waals surface area contributed by atoms with Crippen LogP contribution in [0.25, 0.3) is 0 Å². The van der Waals surface area contributed by atoms with E-state index in [0.717, 1.165) is 23.3 Å². The molecule has 0 radical (unpaired) electrons. The minimum absolute atomic E-state index is 0.0435. The topological polar surface area (TPSA) is 75.3 Å². The summed E-state index contributed by atoms with van der Waals surface area (Å²) in [7, 11) is 0. The zero-order valence-electron chi connectivity index (χ0n) is 13.3. The Hall–Kier alpha value is -1.82. The zero-order chi connectivity index (χ0) is 15.9. The van der Waals surface area contributed by atoms with Crippen molar-refractivity contribution in [3.63, 3.8) is 0 Å². The minimum Gasteiger partial charge on any atom is -0.455 e. The Bertz CT molecular complexity index is 624. The lowest BCUT2D eigenvalue weighted by atomic mass is 9.75. The Kier molecular flexibility index (Phi) is 3.72. The van der Waals surface area contributed by atoms with Crippen molar-refractivity contribution in [3.05, 3.63) is 22.6 Å². The first-order chi connectivity index (χ1) is 10.4. The maximum atomic E-state index is 12.7. The maximum absolute atomic E-state index is 12.7. The van der Waals surface area contributed by atoms with Crippen LogP contribution in [0, 0.1) is 12.3 Å². The molecule has 120 valence electrons. The maximum Gasteiger partial charge on any atom is 0.290 e. The van der Waals surface area contributed by atoms with Crippen LogP contribution in [0.5, 0.6) is 0 Å². The number of nitrogens with zero attached hydrogens (tertiary/aromatic N) is 2. The molecule has 6 nitrogen and oxygen atoms in total. The highest BCUT2D eigenvalue weighted by Crippen LogP contribution is 2.39. The number of furan rings is 1. The summed E-state index contributed by atoms with van der Waals surface area (Å²) < 4.78 is 11.2. The smallest absolute Gasteiger partial charge is 0.290 e. The first kappa shape index (κ1) is 15.1. The molecule has 0 unspecified atom stereocenters. The predicted molar refractivity (Wildman–Crippen MR) is 80.6 cm³/mol. The standard InChI is InChI=1S/C16H22N2O4/c1-10-13-11(17-20)8-16(2,3)9-12(13)22-14(10)15(19)18-4-6-21-7-5-18/h20H,4-9H2,1-3H3/b17-11-. The van der Waals surface area contributed by atoms with Gasteiger partial charge in [-0.1, -0.05) is 19.0 Å². The van der Waals surface area contributed by atoms with E-state index >= 15 is 0 Å². The van der Waals surface area contributed by atoms with E-state index in [1.54, 1.807) is 4.90 Å². The summed E-state index contributed by atoms with van der Waals surface area (Å²) in [6.07, 6.45) is 1.40. The SMILES string of the molecule is Cc1c(C(=O)N2CCOCC2)oc2c1/C(=N\O)CC(C)(C)C2. The van der Waals surface area contributed by atoms with Crippen molar-refractivity contribution in [2.45, 2.75) is 33.6 Å². The summed E-state index contributed by atoms with van der Waals surface area (Å²) in [4.78, 5) is 14.4. The van der Waals surface area contributed by atoms with Gasteiger partial charge >= 0.3 is 0 Å². The van der Waals surface area contributed by atoms with Crippen LogP contribution in [0.15, 0.2) is 9.57 Å². The van der Waals surface area contributed by atoms with Crippen molar-refractivity contribution in [1.29, 1.82) is 0 Å². The van der Waals surface area contributed by atoms with Gasteiger partial charge in [-0.05, 0) is 18.8 Å². The summed E-state index contributed by atoms with van der Waals surface area (Å²) in [5.41, 5.74) is 2.14. The molecular weight excluding hydrogens is 284 g/mol. The largest absolute Gasteiger partial charge is 0.455 e. The quantitative estimate of drug-likeness (QED) is 0.637. The molecule has 6 heteroatoms. The number of carbonyl (C=O) groups is 1. The summed E-state index contributed by atoms with van der Waals surface area (Å²) in [6.45, 7) is 8.33. The summed E-state index contributed by atoms with van der Waals surface area (Å²) >= 11 is 0. The van der Waals surface area contributed by atoms with Gasteiger partial charge < -0.3 is 19.3 Å². The van der Waals surface area contributed by atoms with Gasteiger partial charge in [-0.3, -0.25) is 4.79 Å². The van der Waals surface area contributed by atoms with Crippen LogP contribution in [0.4, 0.5) is 0 Å². The molecule has 0 aromatic carbocycles. The highest BCUT2D eigenvalue weighted by molar-refractivity contribution is 6.06. The molecule has 22 heavy (non-hydrogen) atoms. The van der Waals surface area contributed by atoms with Crippen LogP contribution in [0.3, 0.4) is 0 Å². The number of carbonyl (C=O) groups excluding carboxylic acids is 1. The monoisotopic (exact) mass is 306 g/mol. The van der Waals surface area contributed by atoms with E-state index in [0.29, 0.717) is 44.2 Å². The molecule has 3 rings (SSSR count). The second-order valence-electron chi connectivity index (χ2n) is 6.82. The summed E-state index contributed by atoms with van der Waals surface area (Å²) in [5.74, 6) is 1.01. The van der Waals surface area contributed by atoms with E-state index in [1.807, 2.05) is 6.92 Å². The van der Waals surface area contributed by atoms with Crippen molar-refractivity contribution < 1.29 is 19.2 Å². The molecule has 2 heterocycles. The Morgan fingerprint density at radius 1 is 1.27 bits per heavy atom. The van der Waals surface area contributed by atoms with Gasteiger partial charge in [0.05, 0.1) is 18.9 Å². The second kappa shape index (κ2) is 5.43. The lowest BCUT2D eigenvalue weighted by Crippen LogP contribution is -2.40. The Balaban J connectivity index is 1.98. The van der Waals surface area contributed by atoms with Crippen molar-refractivity contribution in [3.8, 4) is 0 Å². The highest BCUT2D eigenvalue weighted by atomic mass is 16.5. The number of hydrogen-bond acceptors (Lipinski definition) is 5. The van der Waals surface area contributed by atoms with Crippen LogP contribution in [-0.4, -0.2) is 48.0 Å². The summed E-state index contributed by atoms with van der Waals surface area (Å²) in [6, 6.07) is 0. The molecule has 1 aliphatic heterocycles. The first-order valence-electron chi connectivity index (χ1n) is 7.63. The number of morpholine rings is 1. The molecule has 1 saturated heterocycles. The fourth-order valence-electron chi connectivity index (χ4n) is 3.31. The van der Waals surface area contributed by atoms with E-state index in [4.69, 9.17) is 9.15 Å². The number of ether oxygens (including phenoxy) is 1. The van der Waals surface area contributed by atoms with E-state index in [-0.39, 0.29) is 11.3 Å². The first-order valence-corrected chi connectivity index (χ1v) is 7.63. The molecule has 1 fully saturated rings. The molecular formula is C16H22N2O4. The molecule has 0 saturated carbocycles. The van der Waals surface area contributed by atoms with Crippen LogP contribution < -0.4 is 0 Å². The van der Waals surface area contributed by atoms with Gasteiger partial charge in [0.25, 0.3) is 5.91 Å². The number of hydrogen-bond donors (Lipinski definition) is 1. The average Bonchev–Trinajstić information content (AvgIpc) is 2.82. The number of amides is 1. The van der Waals surface area contributed by atoms with Crippen LogP contribution in [0.2, 0.25) is 0 Å². The summed E-state index contributed by atoms with van der Waals surface area (Å²) in [5, 5.41) is 12.8. The molecule has 1 N–H and O–H groups in total. The minimum atomic E-state index is -0.106. The third-order valence-corrected chi connectivity index (χ3v) is 4.41. The van der Waals surface area contributed by atoms with E-state index < -0.39 is 0 Å². The molecule has 2 aliphatic rings. The van der Waals surface area contributed by atoms with E-state index in [9.17, 15) is 10.0 Å².